The number of anilines is 1. The average Bonchev–Trinajstić information content (AvgIpc) is 2.07. The summed E-state index contributed by atoms with van der Waals surface area (Å²) in [5, 5.41) is 8.02. The lowest BCUT2D eigenvalue weighted by molar-refractivity contribution is 0.107. The van der Waals surface area contributed by atoms with Gasteiger partial charge < -0.3 is 10.8 Å². The van der Waals surface area contributed by atoms with Crippen LogP contribution < -0.4 is 5.73 Å². The van der Waals surface area contributed by atoms with Gasteiger partial charge in [0, 0.05) is 0 Å². The molecule has 0 spiro atoms. The van der Waals surface area contributed by atoms with Crippen LogP contribution in [0.1, 0.15) is 22.5 Å². The normalized spacial score (nSPS) is 10.6. The first-order valence-electron chi connectivity index (χ1n) is 3.41. The van der Waals surface area contributed by atoms with E-state index in [2.05, 4.69) is 4.98 Å². The van der Waals surface area contributed by atoms with Gasteiger partial charge >= 0.3 is 0 Å². The molecule has 0 fully saturated rings. The average molecular weight is 223 g/mol. The highest BCUT2D eigenvalue weighted by atomic mass is 35.5. The third kappa shape index (κ3) is 1.90. The van der Waals surface area contributed by atoms with Crippen LogP contribution in [0.15, 0.2) is 6.07 Å². The number of pyridine rings is 1. The predicted molar refractivity (Wildman–Crippen MR) is 45.5 cm³/mol. The van der Waals surface area contributed by atoms with Crippen molar-refractivity contribution < 1.29 is 18.7 Å². The zero-order valence-corrected chi connectivity index (χ0v) is 7.42. The number of halogens is 3. The largest absolute Gasteiger partial charge is 0.505 e. The Bertz CT molecular complexity index is 384. The lowest BCUT2D eigenvalue weighted by atomic mass is 10.2. The smallest absolute Gasteiger partial charge is 0.274 e. The Morgan fingerprint density at radius 3 is 2.64 bits per heavy atom. The highest BCUT2D eigenvalue weighted by molar-refractivity contribution is 6.67. The molecule has 1 rings (SSSR count). The van der Waals surface area contributed by atoms with Gasteiger partial charge in [-0.05, 0) is 17.7 Å². The molecular formula is C7H5ClF2N2O2. The van der Waals surface area contributed by atoms with Gasteiger partial charge in [0.05, 0.1) is 5.56 Å². The molecule has 14 heavy (non-hydrogen) atoms. The van der Waals surface area contributed by atoms with Gasteiger partial charge in [-0.1, -0.05) is 0 Å². The Morgan fingerprint density at radius 1 is 1.64 bits per heavy atom. The van der Waals surface area contributed by atoms with E-state index in [1.165, 1.54) is 0 Å². The van der Waals surface area contributed by atoms with Crippen LogP contribution in [0.4, 0.5) is 14.6 Å². The van der Waals surface area contributed by atoms with E-state index in [4.69, 9.17) is 22.4 Å². The molecule has 4 nitrogen and oxygen atoms in total. The molecule has 0 unspecified atom stereocenters. The van der Waals surface area contributed by atoms with Crippen molar-refractivity contribution in [1.29, 1.82) is 0 Å². The summed E-state index contributed by atoms with van der Waals surface area (Å²) < 4.78 is 24.4. The molecule has 0 amide bonds. The van der Waals surface area contributed by atoms with E-state index in [1.54, 1.807) is 0 Å². The van der Waals surface area contributed by atoms with Gasteiger partial charge in [-0.15, -0.1) is 0 Å². The number of aromatic nitrogens is 1. The maximum absolute atomic E-state index is 12.2. The van der Waals surface area contributed by atoms with Crippen molar-refractivity contribution in [2.24, 2.45) is 0 Å². The SMILES string of the molecule is Nc1nc(C(=O)Cl)c(O)cc1C(F)F. The van der Waals surface area contributed by atoms with Gasteiger partial charge in [-0.3, -0.25) is 4.79 Å². The molecule has 0 saturated heterocycles. The van der Waals surface area contributed by atoms with E-state index >= 15 is 0 Å². The van der Waals surface area contributed by atoms with Gasteiger partial charge in [0.15, 0.2) is 5.69 Å². The van der Waals surface area contributed by atoms with Crippen molar-refractivity contribution in [3.05, 3.63) is 17.3 Å². The summed E-state index contributed by atoms with van der Waals surface area (Å²) in [6, 6.07) is 0.669. The number of hydrogen-bond acceptors (Lipinski definition) is 4. The molecule has 1 aromatic heterocycles. The lowest BCUT2D eigenvalue weighted by Gasteiger charge is -2.06. The molecule has 76 valence electrons. The van der Waals surface area contributed by atoms with Crippen molar-refractivity contribution in [2.45, 2.75) is 6.43 Å². The van der Waals surface area contributed by atoms with Crippen LogP contribution in [0.25, 0.3) is 0 Å². The third-order valence-corrected chi connectivity index (χ3v) is 1.66. The molecule has 0 aliphatic rings. The first-order valence-corrected chi connectivity index (χ1v) is 3.78. The van der Waals surface area contributed by atoms with Crippen molar-refractivity contribution in [2.75, 3.05) is 5.73 Å². The summed E-state index contributed by atoms with van der Waals surface area (Å²) in [4.78, 5) is 13.9. The predicted octanol–water partition coefficient (Wildman–Crippen LogP) is 1.69. The number of aromatic hydroxyl groups is 1. The van der Waals surface area contributed by atoms with E-state index in [0.29, 0.717) is 6.07 Å². The summed E-state index contributed by atoms with van der Waals surface area (Å²) in [6.07, 6.45) is -2.87. The summed E-state index contributed by atoms with van der Waals surface area (Å²) in [5.74, 6) is -1.24. The minimum atomic E-state index is -2.87. The van der Waals surface area contributed by atoms with E-state index in [0.717, 1.165) is 0 Å². The molecule has 0 aromatic carbocycles. The van der Waals surface area contributed by atoms with E-state index < -0.39 is 34.5 Å². The second-order valence-electron chi connectivity index (χ2n) is 2.40. The fourth-order valence-corrected chi connectivity index (χ4v) is 0.990. The molecule has 1 aromatic rings. The minimum absolute atomic E-state index is 0.526. The number of carbonyl (C=O) groups is 1. The van der Waals surface area contributed by atoms with Crippen molar-refractivity contribution >= 4 is 22.7 Å². The molecule has 0 saturated carbocycles. The first kappa shape index (κ1) is 10.6. The van der Waals surface area contributed by atoms with Gasteiger partial charge in [0.1, 0.15) is 11.6 Å². The quantitative estimate of drug-likeness (QED) is 0.747. The summed E-state index contributed by atoms with van der Waals surface area (Å²) >= 11 is 5.01. The number of nitrogens with two attached hydrogens (primary N) is 1. The van der Waals surface area contributed by atoms with Crippen LogP contribution in [0.3, 0.4) is 0 Å². The Morgan fingerprint density at radius 2 is 2.21 bits per heavy atom. The van der Waals surface area contributed by atoms with Gasteiger partial charge in [-0.25, -0.2) is 13.8 Å². The fraction of sp³-hybridized carbons (Fsp3) is 0.143. The zero-order chi connectivity index (χ0) is 10.9. The number of hydrogen-bond donors (Lipinski definition) is 2. The Labute approximate surface area is 82.3 Å². The van der Waals surface area contributed by atoms with Crippen LogP contribution in [-0.2, 0) is 0 Å². The second-order valence-corrected chi connectivity index (χ2v) is 2.75. The minimum Gasteiger partial charge on any atom is -0.505 e. The van der Waals surface area contributed by atoms with E-state index in [9.17, 15) is 13.6 Å². The Balaban J connectivity index is 3.31. The molecule has 0 bridgehead atoms. The zero-order valence-electron chi connectivity index (χ0n) is 6.67. The summed E-state index contributed by atoms with van der Waals surface area (Å²) in [5.41, 5.74) is 3.95. The summed E-state index contributed by atoms with van der Waals surface area (Å²) in [7, 11) is 0. The Kier molecular flexibility index (Phi) is 2.85. The van der Waals surface area contributed by atoms with Crippen molar-refractivity contribution in [3.63, 3.8) is 0 Å². The third-order valence-electron chi connectivity index (χ3n) is 1.48. The number of carbonyl (C=O) groups excluding carboxylic acids is 1. The van der Waals surface area contributed by atoms with Crippen molar-refractivity contribution in [1.82, 2.24) is 4.98 Å². The van der Waals surface area contributed by atoms with Crippen LogP contribution in [0.5, 0.6) is 5.75 Å². The topological polar surface area (TPSA) is 76.2 Å². The Hall–Kier alpha value is -1.43. The van der Waals surface area contributed by atoms with Gasteiger partial charge in [-0.2, -0.15) is 0 Å². The highest BCUT2D eigenvalue weighted by Gasteiger charge is 2.19. The molecular weight excluding hydrogens is 218 g/mol. The number of rotatable bonds is 2. The van der Waals surface area contributed by atoms with Gasteiger partial charge in [0.2, 0.25) is 0 Å². The van der Waals surface area contributed by atoms with Crippen LogP contribution in [-0.4, -0.2) is 15.3 Å². The van der Waals surface area contributed by atoms with E-state index in [-0.39, 0.29) is 0 Å². The summed E-state index contributed by atoms with van der Waals surface area (Å²) in [6.45, 7) is 0. The standard InChI is InChI=1S/C7H5ClF2N2O2/c8-5(14)4-3(13)1-2(6(9)10)7(11)12-4/h1,6,13H,(H2,11,12). The second kappa shape index (κ2) is 3.75. The maximum atomic E-state index is 12.2. The van der Waals surface area contributed by atoms with E-state index in [1.807, 2.05) is 0 Å². The molecule has 3 N–H and O–H groups in total. The number of nitrogen functional groups attached to an aromatic ring is 1. The molecule has 0 atom stereocenters. The van der Waals surface area contributed by atoms with Crippen molar-refractivity contribution in [3.8, 4) is 5.75 Å². The number of nitrogens with zero attached hydrogens (tertiary/aromatic N) is 1. The molecule has 1 heterocycles. The maximum Gasteiger partial charge on any atom is 0.274 e. The fourth-order valence-electron chi connectivity index (χ4n) is 0.851. The van der Waals surface area contributed by atoms with Crippen LogP contribution in [0.2, 0.25) is 0 Å². The highest BCUT2D eigenvalue weighted by Crippen LogP contribution is 2.29. The van der Waals surface area contributed by atoms with Gasteiger partial charge in [0.25, 0.3) is 11.7 Å². The molecule has 0 radical (unpaired) electrons. The first-order chi connectivity index (χ1) is 6.43. The molecule has 0 aliphatic carbocycles. The molecule has 0 aliphatic heterocycles. The monoisotopic (exact) mass is 222 g/mol. The lowest BCUT2D eigenvalue weighted by Crippen LogP contribution is -2.03. The number of alkyl halides is 2. The van der Waals surface area contributed by atoms with Crippen LogP contribution in [0, 0.1) is 0 Å². The molecule has 7 heteroatoms. The van der Waals surface area contributed by atoms with Crippen LogP contribution >= 0.6 is 11.6 Å².